The lowest BCUT2D eigenvalue weighted by atomic mass is 10.6. The largest absolute Gasteiger partial charge is 0.477 e. The van der Waals surface area contributed by atoms with E-state index in [-0.39, 0.29) is 0 Å². The normalized spacial score (nSPS) is 16.3. The van der Waals surface area contributed by atoms with Crippen molar-refractivity contribution >= 4 is 13.6 Å². The van der Waals surface area contributed by atoms with Gasteiger partial charge < -0.3 is 19.5 Å². The number of hydrogen-bond donors (Lipinski definition) is 2. The maximum Gasteiger partial charge on any atom is 0.426 e. The highest BCUT2D eigenvalue weighted by atomic mass is 31.2. The number of ether oxygens (including phenoxy) is 2. The van der Waals surface area contributed by atoms with Crippen molar-refractivity contribution in [2.24, 2.45) is 0 Å². The van der Waals surface area contributed by atoms with E-state index in [1.54, 1.807) is 0 Å². The Kier molecular flexibility index (Phi) is 4.66. The van der Waals surface area contributed by atoms with Crippen LogP contribution in [0.1, 0.15) is 0 Å². The number of methoxy groups -OCH3 is 2. The van der Waals surface area contributed by atoms with Crippen molar-refractivity contribution in [1.29, 1.82) is 0 Å². The van der Waals surface area contributed by atoms with Crippen LogP contribution in [0.4, 0.5) is 0 Å². The molecule has 14 heavy (non-hydrogen) atoms. The van der Waals surface area contributed by atoms with Crippen LogP contribution in [0.2, 0.25) is 0 Å². The molecule has 0 saturated carbocycles. The van der Waals surface area contributed by atoms with E-state index in [0.29, 0.717) is 0 Å². The molecule has 0 fully saturated rings. The molecule has 0 rings (SSSR count). The fourth-order valence-corrected chi connectivity index (χ4v) is 1.76. The maximum atomic E-state index is 11.3. The summed E-state index contributed by atoms with van der Waals surface area (Å²) in [6.45, 7) is 0. The minimum atomic E-state index is -4.76. The third-order valence-electron chi connectivity index (χ3n) is 1.37. The van der Waals surface area contributed by atoms with Crippen LogP contribution in [0.15, 0.2) is 0 Å². The molecule has 0 spiro atoms. The smallest absolute Gasteiger partial charge is 0.426 e. The van der Waals surface area contributed by atoms with Crippen LogP contribution in [0.25, 0.3) is 0 Å². The molecule has 0 aromatic rings. The van der Waals surface area contributed by atoms with Gasteiger partial charge in [0.1, 0.15) is 0 Å². The predicted molar refractivity (Wildman–Crippen MR) is 42.3 cm³/mol. The Labute approximate surface area is 79.8 Å². The van der Waals surface area contributed by atoms with Gasteiger partial charge in [-0.1, -0.05) is 0 Å². The van der Waals surface area contributed by atoms with Gasteiger partial charge in [0, 0.05) is 14.2 Å². The van der Waals surface area contributed by atoms with Crippen molar-refractivity contribution in [3.63, 3.8) is 0 Å². The van der Waals surface area contributed by atoms with Crippen LogP contribution in [-0.2, 0) is 28.4 Å². The molecule has 0 heterocycles. The van der Waals surface area contributed by atoms with Gasteiger partial charge in [0.25, 0.3) is 0 Å². The third kappa shape index (κ3) is 2.11. The van der Waals surface area contributed by atoms with Gasteiger partial charge >= 0.3 is 19.1 Å². The molecule has 1 unspecified atom stereocenters. The van der Waals surface area contributed by atoms with E-state index in [2.05, 4.69) is 19.0 Å². The molecule has 2 N–H and O–H groups in total. The standard InChI is InChI=1S/C5H11O8P/c1-10-5(11-2,4(6)7)14(8,9)13-12-3/h1-3H3,(H,6,7)(H,8,9). The molecule has 0 aliphatic rings. The van der Waals surface area contributed by atoms with E-state index >= 15 is 0 Å². The van der Waals surface area contributed by atoms with Gasteiger partial charge in [0.15, 0.2) is 0 Å². The molecule has 0 aliphatic heterocycles. The quantitative estimate of drug-likeness (QED) is 0.279. The average Bonchev–Trinajstić information content (AvgIpc) is 2.05. The second-order valence-corrected chi connectivity index (χ2v) is 3.84. The fraction of sp³-hybridized carbons (Fsp3) is 0.800. The van der Waals surface area contributed by atoms with Crippen LogP contribution < -0.4 is 0 Å². The van der Waals surface area contributed by atoms with E-state index in [1.165, 1.54) is 0 Å². The highest BCUT2D eigenvalue weighted by molar-refractivity contribution is 7.55. The van der Waals surface area contributed by atoms with Crippen LogP contribution in [0.3, 0.4) is 0 Å². The summed E-state index contributed by atoms with van der Waals surface area (Å²) in [5.41, 5.74) is -2.79. The zero-order valence-electron chi connectivity index (χ0n) is 7.79. The van der Waals surface area contributed by atoms with Gasteiger partial charge in [0.2, 0.25) is 0 Å². The first-order valence-electron chi connectivity index (χ1n) is 3.27. The SMILES string of the molecule is COOP(=O)(O)C(OC)(OC)C(=O)O. The zero-order chi connectivity index (χ0) is 11.4. The summed E-state index contributed by atoms with van der Waals surface area (Å²) in [6, 6.07) is 0. The van der Waals surface area contributed by atoms with Crippen molar-refractivity contribution in [3.8, 4) is 0 Å². The first-order chi connectivity index (χ1) is 6.38. The highest BCUT2D eigenvalue weighted by Crippen LogP contribution is 2.56. The minimum Gasteiger partial charge on any atom is -0.477 e. The topological polar surface area (TPSA) is 112 Å². The highest BCUT2D eigenvalue weighted by Gasteiger charge is 2.59. The number of carbonyl (C=O) groups is 1. The minimum absolute atomic E-state index is 0.888. The van der Waals surface area contributed by atoms with Crippen molar-refractivity contribution in [3.05, 3.63) is 0 Å². The molecule has 0 aromatic heterocycles. The Morgan fingerprint density at radius 1 is 1.29 bits per heavy atom. The maximum absolute atomic E-state index is 11.3. The van der Waals surface area contributed by atoms with Crippen LogP contribution in [-0.4, -0.2) is 42.8 Å². The molecule has 0 aromatic carbocycles. The summed E-state index contributed by atoms with van der Waals surface area (Å²) in [5.74, 6) is -1.80. The van der Waals surface area contributed by atoms with E-state index in [1.807, 2.05) is 0 Å². The Balaban J connectivity index is 5.18. The lowest BCUT2D eigenvalue weighted by Crippen LogP contribution is -2.42. The molecule has 0 aliphatic carbocycles. The van der Waals surface area contributed by atoms with Gasteiger partial charge in [-0.05, 0) is 0 Å². The fourth-order valence-electron chi connectivity index (χ4n) is 0.760. The number of carboxylic acids is 1. The van der Waals surface area contributed by atoms with Crippen LogP contribution >= 0.6 is 7.60 Å². The second kappa shape index (κ2) is 4.83. The van der Waals surface area contributed by atoms with Crippen molar-refractivity contribution in [2.75, 3.05) is 21.3 Å². The molecule has 0 amide bonds. The number of hydrogen-bond acceptors (Lipinski definition) is 6. The Hall–Kier alpha value is -0.500. The number of aliphatic carboxylic acids is 1. The molecule has 0 bridgehead atoms. The van der Waals surface area contributed by atoms with E-state index < -0.39 is 19.1 Å². The van der Waals surface area contributed by atoms with Crippen LogP contribution in [0, 0.1) is 0 Å². The number of carboxylic acid groups (broad SMARTS) is 1. The van der Waals surface area contributed by atoms with Gasteiger partial charge in [0.05, 0.1) is 7.11 Å². The van der Waals surface area contributed by atoms with E-state index in [9.17, 15) is 14.3 Å². The first kappa shape index (κ1) is 13.5. The third-order valence-corrected chi connectivity index (χ3v) is 3.02. The lowest BCUT2D eigenvalue weighted by Gasteiger charge is -2.27. The molecular weight excluding hydrogens is 219 g/mol. The molecule has 1 atom stereocenters. The van der Waals surface area contributed by atoms with Gasteiger partial charge in [-0.15, -0.1) is 4.67 Å². The van der Waals surface area contributed by atoms with Gasteiger partial charge in [-0.3, -0.25) is 4.57 Å². The van der Waals surface area contributed by atoms with Gasteiger partial charge in [-0.25, -0.2) is 9.68 Å². The predicted octanol–water partition coefficient (Wildman–Crippen LogP) is -0.219. The van der Waals surface area contributed by atoms with Gasteiger partial charge in [-0.2, -0.15) is 0 Å². The first-order valence-corrected chi connectivity index (χ1v) is 4.84. The molecule has 8 nitrogen and oxygen atoms in total. The average molecular weight is 230 g/mol. The van der Waals surface area contributed by atoms with E-state index in [0.717, 1.165) is 21.3 Å². The Morgan fingerprint density at radius 3 is 1.93 bits per heavy atom. The summed E-state index contributed by atoms with van der Waals surface area (Å²) >= 11 is 0. The molecule has 9 heteroatoms. The lowest BCUT2D eigenvalue weighted by molar-refractivity contribution is -0.229. The van der Waals surface area contributed by atoms with E-state index in [4.69, 9.17) is 5.11 Å². The summed E-state index contributed by atoms with van der Waals surface area (Å²) in [7, 11) is -2.03. The molecule has 0 radical (unpaired) electrons. The summed E-state index contributed by atoms with van der Waals surface area (Å²) < 4.78 is 23.9. The Bertz CT molecular complexity index is 246. The van der Waals surface area contributed by atoms with Crippen molar-refractivity contribution in [2.45, 2.75) is 5.53 Å². The molecular formula is C5H11O8P. The second-order valence-electron chi connectivity index (χ2n) is 2.06. The Morgan fingerprint density at radius 2 is 1.71 bits per heavy atom. The van der Waals surface area contributed by atoms with Crippen molar-refractivity contribution < 1.29 is 38.4 Å². The summed E-state index contributed by atoms with van der Waals surface area (Å²) in [4.78, 5) is 23.8. The van der Waals surface area contributed by atoms with Crippen molar-refractivity contribution in [1.82, 2.24) is 0 Å². The van der Waals surface area contributed by atoms with Crippen LogP contribution in [0.5, 0.6) is 0 Å². The summed E-state index contributed by atoms with van der Waals surface area (Å²) in [6.07, 6.45) is 0. The zero-order valence-corrected chi connectivity index (χ0v) is 8.69. The molecule has 0 saturated heterocycles. The molecule has 84 valence electrons. The summed E-state index contributed by atoms with van der Waals surface area (Å²) in [5, 5.41) is 8.67. The number of rotatable bonds is 6. The monoisotopic (exact) mass is 230 g/mol.